The van der Waals surface area contributed by atoms with Crippen molar-refractivity contribution in [2.45, 2.75) is 19.5 Å². The molecular weight excluding hydrogens is 496 g/mol. The number of rotatable bonds is 7. The molecule has 2 heterocycles. The van der Waals surface area contributed by atoms with Crippen molar-refractivity contribution in [3.05, 3.63) is 112 Å². The van der Waals surface area contributed by atoms with Gasteiger partial charge in [-0.15, -0.1) is 0 Å². The number of benzene rings is 2. The molecule has 0 aliphatic carbocycles. The lowest BCUT2D eigenvalue weighted by Crippen LogP contribution is -2.29. The van der Waals surface area contributed by atoms with Crippen LogP contribution in [0.2, 0.25) is 0 Å². The lowest BCUT2D eigenvalue weighted by molar-refractivity contribution is -0.140. The van der Waals surface area contributed by atoms with Crippen molar-refractivity contribution in [2.75, 3.05) is 6.61 Å². The molecule has 1 fully saturated rings. The molecule has 1 amide bonds. The van der Waals surface area contributed by atoms with Crippen LogP contribution >= 0.6 is 15.9 Å². The minimum Gasteiger partial charge on any atom is -0.507 e. The van der Waals surface area contributed by atoms with E-state index in [-0.39, 0.29) is 17.9 Å². The van der Waals surface area contributed by atoms with E-state index in [2.05, 4.69) is 27.5 Å². The van der Waals surface area contributed by atoms with Gasteiger partial charge in [0.15, 0.2) is 0 Å². The number of amides is 1. The highest BCUT2D eigenvalue weighted by Gasteiger charge is 2.46. The van der Waals surface area contributed by atoms with E-state index in [1.54, 1.807) is 42.7 Å². The van der Waals surface area contributed by atoms with E-state index in [0.29, 0.717) is 17.9 Å². The molecule has 0 unspecified atom stereocenters. The van der Waals surface area contributed by atoms with Crippen LogP contribution < -0.4 is 4.74 Å². The molecule has 34 heavy (non-hydrogen) atoms. The molecule has 4 rings (SSSR count). The number of hydrogen-bond donors (Lipinski definition) is 1. The minimum atomic E-state index is -0.745. The Kier molecular flexibility index (Phi) is 6.93. The van der Waals surface area contributed by atoms with Gasteiger partial charge in [0.1, 0.15) is 18.1 Å². The average molecular weight is 519 g/mol. The molecule has 172 valence electrons. The number of carbonyl (C=O) groups excluding carboxylic acids is 2. The summed E-state index contributed by atoms with van der Waals surface area (Å²) in [4.78, 5) is 31.9. The van der Waals surface area contributed by atoms with Gasteiger partial charge >= 0.3 is 0 Å². The molecule has 0 bridgehead atoms. The summed E-state index contributed by atoms with van der Waals surface area (Å²) in [5.41, 5.74) is 2.78. The van der Waals surface area contributed by atoms with Gasteiger partial charge in [-0.2, -0.15) is 0 Å². The summed E-state index contributed by atoms with van der Waals surface area (Å²) in [6.45, 7) is 6.03. The van der Waals surface area contributed by atoms with Crippen molar-refractivity contribution in [1.29, 1.82) is 0 Å². The van der Waals surface area contributed by atoms with E-state index in [1.165, 1.54) is 4.90 Å². The van der Waals surface area contributed by atoms with Crippen LogP contribution in [-0.4, -0.2) is 33.3 Å². The van der Waals surface area contributed by atoms with Gasteiger partial charge in [0.2, 0.25) is 0 Å². The Morgan fingerprint density at radius 2 is 1.97 bits per heavy atom. The van der Waals surface area contributed by atoms with Crippen LogP contribution in [0.15, 0.2) is 89.7 Å². The van der Waals surface area contributed by atoms with Crippen LogP contribution in [0, 0.1) is 6.92 Å². The number of ketones is 1. The number of ether oxygens (including phenoxy) is 1. The average Bonchev–Trinajstić information content (AvgIpc) is 3.09. The molecule has 7 heteroatoms. The van der Waals surface area contributed by atoms with Crippen LogP contribution in [0.1, 0.15) is 28.3 Å². The predicted octanol–water partition coefficient (Wildman–Crippen LogP) is 5.34. The number of Topliss-reactive ketones (excluding diaryl/α,β-unsaturated/α-hetero) is 1. The number of pyridine rings is 1. The van der Waals surface area contributed by atoms with Gasteiger partial charge in [-0.25, -0.2) is 0 Å². The molecule has 1 aliphatic heterocycles. The van der Waals surface area contributed by atoms with Gasteiger partial charge in [-0.3, -0.25) is 14.6 Å². The molecule has 1 atom stereocenters. The number of likely N-dealkylation sites (tertiary alicyclic amines) is 1. The lowest BCUT2D eigenvalue weighted by Gasteiger charge is -2.25. The number of aryl methyl sites for hydroxylation is 1. The van der Waals surface area contributed by atoms with Crippen LogP contribution in [0.3, 0.4) is 0 Å². The largest absolute Gasteiger partial charge is 0.507 e. The summed E-state index contributed by atoms with van der Waals surface area (Å²) in [5.74, 6) is -0.962. The molecule has 0 radical (unpaired) electrons. The summed E-state index contributed by atoms with van der Waals surface area (Å²) in [7, 11) is 0. The van der Waals surface area contributed by atoms with Crippen molar-refractivity contribution in [1.82, 2.24) is 9.88 Å². The van der Waals surface area contributed by atoms with Crippen LogP contribution in [0.5, 0.6) is 5.75 Å². The third kappa shape index (κ3) is 4.65. The molecule has 0 spiro atoms. The quantitative estimate of drug-likeness (QED) is 0.197. The Hall–Kier alpha value is -3.71. The Bertz CT molecular complexity index is 1270. The Labute approximate surface area is 206 Å². The summed E-state index contributed by atoms with van der Waals surface area (Å²) in [5, 5.41) is 11.3. The highest BCUT2D eigenvalue weighted by molar-refractivity contribution is 9.10. The molecule has 3 aromatic rings. The zero-order valence-electron chi connectivity index (χ0n) is 18.6. The van der Waals surface area contributed by atoms with Crippen LogP contribution in [0.25, 0.3) is 5.76 Å². The normalized spacial score (nSPS) is 17.1. The summed E-state index contributed by atoms with van der Waals surface area (Å²) in [6, 6.07) is 15.4. The van der Waals surface area contributed by atoms with E-state index in [4.69, 9.17) is 4.74 Å². The zero-order chi connectivity index (χ0) is 24.2. The monoisotopic (exact) mass is 518 g/mol. The Morgan fingerprint density at radius 3 is 2.62 bits per heavy atom. The minimum absolute atomic E-state index is 0.0513. The number of aromatic nitrogens is 1. The van der Waals surface area contributed by atoms with Gasteiger partial charge < -0.3 is 14.7 Å². The Balaban J connectivity index is 1.81. The van der Waals surface area contributed by atoms with Crippen molar-refractivity contribution in [2.24, 2.45) is 0 Å². The van der Waals surface area contributed by atoms with Gasteiger partial charge in [-0.1, -0.05) is 46.8 Å². The highest BCUT2D eigenvalue weighted by atomic mass is 79.9. The first-order valence-corrected chi connectivity index (χ1v) is 11.5. The van der Waals surface area contributed by atoms with Gasteiger partial charge in [-0.05, 0) is 60.0 Å². The number of carbonyl (C=O) groups is 2. The number of aliphatic hydroxyl groups excluding tert-OH is 1. The molecule has 6 nitrogen and oxygen atoms in total. The third-order valence-corrected chi connectivity index (χ3v) is 6.14. The van der Waals surface area contributed by atoms with E-state index in [0.717, 1.165) is 21.2 Å². The van der Waals surface area contributed by atoms with Gasteiger partial charge in [0.05, 0.1) is 11.6 Å². The fourth-order valence-electron chi connectivity index (χ4n) is 3.99. The lowest BCUT2D eigenvalue weighted by atomic mass is 9.94. The van der Waals surface area contributed by atoms with Crippen LogP contribution in [0.4, 0.5) is 0 Å². The smallest absolute Gasteiger partial charge is 0.295 e. The number of aliphatic hydroxyl groups is 1. The van der Waals surface area contributed by atoms with Crippen molar-refractivity contribution in [3.8, 4) is 5.75 Å². The summed E-state index contributed by atoms with van der Waals surface area (Å²) < 4.78 is 6.48. The molecular formula is C27H23BrN2O4. The van der Waals surface area contributed by atoms with E-state index < -0.39 is 17.7 Å². The van der Waals surface area contributed by atoms with E-state index >= 15 is 0 Å². The van der Waals surface area contributed by atoms with Crippen LogP contribution in [-0.2, 0) is 16.1 Å². The SMILES string of the molecule is C=CCOc1ccc(C(O)=C2C(=O)C(=O)N(Cc3cccnc3)[C@@H]2c2ccc(Br)cc2)cc1C. The number of halogens is 1. The molecule has 1 aromatic heterocycles. The maximum atomic E-state index is 13.2. The second-order valence-corrected chi connectivity index (χ2v) is 8.84. The number of hydrogen-bond acceptors (Lipinski definition) is 5. The van der Waals surface area contributed by atoms with Crippen molar-refractivity contribution >= 4 is 33.4 Å². The van der Waals surface area contributed by atoms with Crippen molar-refractivity contribution < 1.29 is 19.4 Å². The fraction of sp³-hybridized carbons (Fsp3) is 0.148. The van der Waals surface area contributed by atoms with Gasteiger partial charge in [0.25, 0.3) is 11.7 Å². The van der Waals surface area contributed by atoms with E-state index in [9.17, 15) is 14.7 Å². The summed E-state index contributed by atoms with van der Waals surface area (Å²) in [6.07, 6.45) is 4.95. The standard InChI is InChI=1S/C27H23BrN2O4/c1-3-13-34-22-11-8-20(14-17(22)2)25(31)23-24(19-6-9-21(28)10-7-19)30(27(33)26(23)32)16-18-5-4-12-29-15-18/h3-12,14-15,24,31H,1,13,16H2,2H3/t24-/m1/s1. The first-order chi connectivity index (χ1) is 16.4. The molecule has 2 aromatic carbocycles. The van der Waals surface area contributed by atoms with Crippen molar-refractivity contribution in [3.63, 3.8) is 0 Å². The summed E-state index contributed by atoms with van der Waals surface area (Å²) >= 11 is 3.42. The maximum Gasteiger partial charge on any atom is 0.295 e. The molecule has 1 N–H and O–H groups in total. The fourth-order valence-corrected chi connectivity index (χ4v) is 4.25. The first kappa shape index (κ1) is 23.4. The maximum absolute atomic E-state index is 13.2. The number of nitrogens with zero attached hydrogens (tertiary/aromatic N) is 2. The van der Waals surface area contributed by atoms with E-state index in [1.807, 2.05) is 37.3 Å². The van der Waals surface area contributed by atoms with Gasteiger partial charge in [0, 0.05) is 29.0 Å². The molecule has 1 saturated heterocycles. The predicted molar refractivity (Wildman–Crippen MR) is 133 cm³/mol. The topological polar surface area (TPSA) is 79.7 Å². The molecule has 1 aliphatic rings. The first-order valence-electron chi connectivity index (χ1n) is 10.7. The third-order valence-electron chi connectivity index (χ3n) is 5.61. The second-order valence-electron chi connectivity index (χ2n) is 7.92. The zero-order valence-corrected chi connectivity index (χ0v) is 20.2. The highest BCUT2D eigenvalue weighted by Crippen LogP contribution is 2.41. The Morgan fingerprint density at radius 1 is 1.21 bits per heavy atom. The molecule has 0 saturated carbocycles. The second kappa shape index (κ2) is 10.1.